The minimum Gasteiger partial charge on any atom is -0.378 e. The van der Waals surface area contributed by atoms with Crippen molar-refractivity contribution in [1.29, 1.82) is 0 Å². The molecule has 1 atom stereocenters. The highest BCUT2D eigenvalue weighted by molar-refractivity contribution is 5.85. The fourth-order valence-corrected chi connectivity index (χ4v) is 3.88. The Morgan fingerprint density at radius 1 is 0.778 bits per heavy atom. The zero-order valence-electron chi connectivity index (χ0n) is 16.5. The highest BCUT2D eigenvalue weighted by atomic mass is 15.1. The maximum Gasteiger partial charge on any atom is 0.0480 e. The lowest BCUT2D eigenvalue weighted by molar-refractivity contribution is 0.926. The molecule has 2 nitrogen and oxygen atoms in total. The Morgan fingerprint density at radius 2 is 1.37 bits per heavy atom. The Balaban J connectivity index is 1.91. The predicted octanol–water partition coefficient (Wildman–Crippen LogP) is 5.73. The van der Waals surface area contributed by atoms with Gasteiger partial charge < -0.3 is 9.47 Å². The predicted molar refractivity (Wildman–Crippen MR) is 116 cm³/mol. The summed E-state index contributed by atoms with van der Waals surface area (Å²) >= 11 is 0. The van der Waals surface area contributed by atoms with Crippen molar-refractivity contribution in [2.45, 2.75) is 12.8 Å². The van der Waals surface area contributed by atoms with Gasteiger partial charge in [0.15, 0.2) is 0 Å². The van der Waals surface area contributed by atoms with Gasteiger partial charge in [-0.2, -0.15) is 0 Å². The molecule has 0 N–H and O–H groups in total. The third kappa shape index (κ3) is 3.23. The Kier molecular flexibility index (Phi) is 4.49. The van der Waals surface area contributed by atoms with Gasteiger partial charge in [0.2, 0.25) is 0 Å². The first-order valence-electron chi connectivity index (χ1n) is 9.42. The molecule has 0 saturated heterocycles. The zero-order chi connectivity index (χ0) is 19.0. The molecular formula is C25H26N2. The highest BCUT2D eigenvalue weighted by Gasteiger charge is 2.21. The maximum atomic E-state index is 2.29. The van der Waals surface area contributed by atoms with Crippen molar-refractivity contribution < 1.29 is 0 Å². The van der Waals surface area contributed by atoms with Gasteiger partial charge >= 0.3 is 0 Å². The summed E-state index contributed by atoms with van der Waals surface area (Å²) in [7, 11) is 6.29. The van der Waals surface area contributed by atoms with Crippen molar-refractivity contribution in [3.8, 4) is 0 Å². The number of hydrogen-bond donors (Lipinski definition) is 0. The third-order valence-electron chi connectivity index (χ3n) is 5.39. The average molecular weight is 354 g/mol. The number of para-hydroxylation sites is 1. The van der Waals surface area contributed by atoms with Gasteiger partial charge in [0.1, 0.15) is 0 Å². The average Bonchev–Trinajstić information content (AvgIpc) is 3.01. The Bertz CT molecular complexity index is 1050. The summed E-state index contributed by atoms with van der Waals surface area (Å²) in [6.07, 6.45) is 2.29. The van der Waals surface area contributed by atoms with Crippen molar-refractivity contribution in [2.24, 2.45) is 7.05 Å². The van der Waals surface area contributed by atoms with Crippen LogP contribution in [0.3, 0.4) is 0 Å². The summed E-state index contributed by atoms with van der Waals surface area (Å²) in [6, 6.07) is 26.6. The maximum absolute atomic E-state index is 2.29. The second-order valence-corrected chi connectivity index (χ2v) is 7.54. The summed E-state index contributed by atoms with van der Waals surface area (Å²) in [5.41, 5.74) is 7.79. The first-order valence-corrected chi connectivity index (χ1v) is 9.42. The van der Waals surface area contributed by atoms with Gasteiger partial charge in [-0.25, -0.2) is 0 Å². The van der Waals surface area contributed by atoms with Gasteiger partial charge in [0.05, 0.1) is 0 Å². The Morgan fingerprint density at radius 3 is 2.00 bits per heavy atom. The van der Waals surface area contributed by atoms with Crippen LogP contribution in [0.15, 0.2) is 79.0 Å². The molecule has 0 spiro atoms. The van der Waals surface area contributed by atoms with Crippen LogP contribution in [0, 0.1) is 6.92 Å². The fraction of sp³-hybridized carbons (Fsp3) is 0.200. The molecule has 0 saturated carbocycles. The summed E-state index contributed by atoms with van der Waals surface area (Å²) in [6.45, 7) is 2.14. The van der Waals surface area contributed by atoms with Crippen molar-refractivity contribution in [3.05, 3.63) is 101 Å². The van der Waals surface area contributed by atoms with E-state index in [-0.39, 0.29) is 5.92 Å². The highest BCUT2D eigenvalue weighted by Crippen LogP contribution is 2.37. The SMILES string of the molecule is Cc1ccc(C(c2ccc(N(C)C)cc2)c2cn(C)c3ccccc23)cc1. The van der Waals surface area contributed by atoms with Gasteiger partial charge in [-0.3, -0.25) is 0 Å². The summed E-state index contributed by atoms with van der Waals surface area (Å²) in [4.78, 5) is 2.14. The zero-order valence-corrected chi connectivity index (χ0v) is 16.5. The first kappa shape index (κ1) is 17.4. The molecule has 2 heteroatoms. The molecule has 136 valence electrons. The van der Waals surface area contributed by atoms with E-state index in [4.69, 9.17) is 0 Å². The number of rotatable bonds is 4. The molecule has 27 heavy (non-hydrogen) atoms. The van der Waals surface area contributed by atoms with Crippen LogP contribution >= 0.6 is 0 Å². The molecule has 0 radical (unpaired) electrons. The van der Waals surface area contributed by atoms with Crippen LogP contribution in [0.25, 0.3) is 10.9 Å². The number of nitrogens with zero attached hydrogens (tertiary/aromatic N) is 2. The molecule has 0 aliphatic rings. The summed E-state index contributed by atoms with van der Waals surface area (Å²) < 4.78 is 2.24. The van der Waals surface area contributed by atoms with Crippen LogP contribution in [-0.2, 0) is 7.05 Å². The molecule has 0 aliphatic carbocycles. The molecule has 0 amide bonds. The van der Waals surface area contributed by atoms with Gasteiger partial charge in [0, 0.05) is 49.8 Å². The molecule has 1 aromatic heterocycles. The second-order valence-electron chi connectivity index (χ2n) is 7.54. The normalized spacial score (nSPS) is 12.3. The molecule has 0 bridgehead atoms. The Hall–Kier alpha value is -3.00. The van der Waals surface area contributed by atoms with Crippen LogP contribution in [0.1, 0.15) is 28.2 Å². The van der Waals surface area contributed by atoms with Gasteiger partial charge in [-0.1, -0.05) is 60.2 Å². The van der Waals surface area contributed by atoms with Crippen LogP contribution < -0.4 is 4.90 Å². The molecule has 4 aromatic rings. The molecule has 4 rings (SSSR count). The fourth-order valence-electron chi connectivity index (χ4n) is 3.88. The monoisotopic (exact) mass is 354 g/mol. The molecule has 0 fully saturated rings. The van der Waals surface area contributed by atoms with E-state index in [1.54, 1.807) is 0 Å². The minimum atomic E-state index is 0.216. The minimum absolute atomic E-state index is 0.216. The van der Waals surface area contributed by atoms with E-state index >= 15 is 0 Å². The van der Waals surface area contributed by atoms with E-state index in [0.717, 1.165) is 0 Å². The topological polar surface area (TPSA) is 8.17 Å². The van der Waals surface area contributed by atoms with E-state index in [2.05, 4.69) is 117 Å². The number of benzene rings is 3. The van der Waals surface area contributed by atoms with Crippen LogP contribution in [0.2, 0.25) is 0 Å². The van der Waals surface area contributed by atoms with E-state index < -0.39 is 0 Å². The number of hydrogen-bond acceptors (Lipinski definition) is 1. The second kappa shape index (κ2) is 6.96. The van der Waals surface area contributed by atoms with E-state index in [1.165, 1.54) is 38.8 Å². The van der Waals surface area contributed by atoms with E-state index in [1.807, 2.05) is 0 Å². The number of anilines is 1. The third-order valence-corrected chi connectivity index (χ3v) is 5.39. The lowest BCUT2D eigenvalue weighted by Crippen LogP contribution is -2.09. The van der Waals surface area contributed by atoms with Crippen molar-refractivity contribution in [1.82, 2.24) is 4.57 Å². The quantitative estimate of drug-likeness (QED) is 0.454. The lowest BCUT2D eigenvalue weighted by Gasteiger charge is -2.20. The molecule has 3 aromatic carbocycles. The summed E-state index contributed by atoms with van der Waals surface area (Å²) in [5.74, 6) is 0.216. The first-order chi connectivity index (χ1) is 13.0. The lowest BCUT2D eigenvalue weighted by atomic mass is 9.84. The number of fused-ring (bicyclic) bond motifs is 1. The van der Waals surface area contributed by atoms with E-state index in [0.29, 0.717) is 0 Å². The van der Waals surface area contributed by atoms with Crippen LogP contribution in [0.5, 0.6) is 0 Å². The Labute approximate surface area is 161 Å². The van der Waals surface area contributed by atoms with Crippen LogP contribution in [-0.4, -0.2) is 18.7 Å². The molecule has 1 heterocycles. The number of aromatic nitrogens is 1. The standard InChI is InChI=1S/C25H26N2/c1-18-9-11-19(12-10-18)25(20-13-15-21(16-14-20)26(2)3)23-17-27(4)24-8-6-5-7-22(23)24/h5-17,25H,1-4H3. The summed E-state index contributed by atoms with van der Waals surface area (Å²) in [5, 5.41) is 1.32. The largest absolute Gasteiger partial charge is 0.378 e. The smallest absolute Gasteiger partial charge is 0.0480 e. The van der Waals surface area contributed by atoms with Gasteiger partial charge in [-0.05, 0) is 41.8 Å². The van der Waals surface area contributed by atoms with Crippen LogP contribution in [0.4, 0.5) is 5.69 Å². The van der Waals surface area contributed by atoms with E-state index in [9.17, 15) is 0 Å². The van der Waals surface area contributed by atoms with Crippen molar-refractivity contribution in [2.75, 3.05) is 19.0 Å². The van der Waals surface area contributed by atoms with Gasteiger partial charge in [0.25, 0.3) is 0 Å². The van der Waals surface area contributed by atoms with Crippen molar-refractivity contribution in [3.63, 3.8) is 0 Å². The number of aryl methyl sites for hydroxylation is 2. The van der Waals surface area contributed by atoms with Crippen molar-refractivity contribution >= 4 is 16.6 Å². The molecular weight excluding hydrogens is 328 g/mol. The molecule has 1 unspecified atom stereocenters. The molecule has 0 aliphatic heterocycles. The van der Waals surface area contributed by atoms with Gasteiger partial charge in [-0.15, -0.1) is 0 Å².